The molecular formula is C13H12N4O4. The van der Waals surface area contributed by atoms with E-state index in [1.54, 1.807) is 6.07 Å². The van der Waals surface area contributed by atoms with E-state index < -0.39 is 17.7 Å². The number of pyridine rings is 1. The molecule has 0 saturated heterocycles. The average molecular weight is 288 g/mol. The van der Waals surface area contributed by atoms with Crippen LogP contribution < -0.4 is 16.2 Å². The van der Waals surface area contributed by atoms with Crippen molar-refractivity contribution in [3.63, 3.8) is 0 Å². The number of amides is 3. The topological polar surface area (TPSA) is 113 Å². The van der Waals surface area contributed by atoms with Gasteiger partial charge in [-0.15, -0.1) is 0 Å². The highest BCUT2D eigenvalue weighted by Crippen LogP contribution is 1.98. The standard InChI is InChI=1S/C13H12N4O4/c18-11(8-15-13(20)10-2-1-7-21-10)16-17-12(19)9-3-5-14-6-4-9/h1-7H,8H2,(H,15,20)(H,16,18)(H,17,19). The monoisotopic (exact) mass is 288 g/mol. The lowest BCUT2D eigenvalue weighted by molar-refractivity contribution is -0.120. The van der Waals surface area contributed by atoms with Crippen LogP contribution in [0.1, 0.15) is 20.9 Å². The summed E-state index contributed by atoms with van der Waals surface area (Å²) in [7, 11) is 0. The lowest BCUT2D eigenvalue weighted by Crippen LogP contribution is -2.46. The maximum absolute atomic E-state index is 11.6. The summed E-state index contributed by atoms with van der Waals surface area (Å²) < 4.78 is 4.86. The Labute approximate surface area is 119 Å². The molecule has 3 N–H and O–H groups in total. The van der Waals surface area contributed by atoms with E-state index >= 15 is 0 Å². The highest BCUT2D eigenvalue weighted by molar-refractivity contribution is 5.96. The first-order valence-electron chi connectivity index (χ1n) is 5.98. The fourth-order valence-electron chi connectivity index (χ4n) is 1.40. The first-order valence-corrected chi connectivity index (χ1v) is 5.98. The quantitative estimate of drug-likeness (QED) is 0.678. The van der Waals surface area contributed by atoms with Crippen LogP contribution in [0, 0.1) is 0 Å². The summed E-state index contributed by atoms with van der Waals surface area (Å²) in [5.74, 6) is -1.47. The Balaban J connectivity index is 1.73. The molecule has 0 atom stereocenters. The molecule has 0 radical (unpaired) electrons. The molecule has 2 heterocycles. The van der Waals surface area contributed by atoms with E-state index in [4.69, 9.17) is 4.42 Å². The molecule has 0 aromatic carbocycles. The second-order valence-electron chi connectivity index (χ2n) is 3.90. The summed E-state index contributed by atoms with van der Waals surface area (Å²) in [5.41, 5.74) is 4.75. The van der Waals surface area contributed by atoms with Gasteiger partial charge in [-0.3, -0.25) is 30.2 Å². The van der Waals surface area contributed by atoms with Gasteiger partial charge in [-0.2, -0.15) is 0 Å². The predicted molar refractivity (Wildman–Crippen MR) is 70.9 cm³/mol. The third-order valence-corrected chi connectivity index (χ3v) is 2.41. The highest BCUT2D eigenvalue weighted by atomic mass is 16.3. The smallest absolute Gasteiger partial charge is 0.287 e. The number of carbonyl (C=O) groups excluding carboxylic acids is 3. The van der Waals surface area contributed by atoms with E-state index in [0.717, 1.165) is 0 Å². The van der Waals surface area contributed by atoms with Crippen molar-refractivity contribution in [2.45, 2.75) is 0 Å². The van der Waals surface area contributed by atoms with Crippen molar-refractivity contribution in [3.05, 3.63) is 54.2 Å². The largest absolute Gasteiger partial charge is 0.459 e. The van der Waals surface area contributed by atoms with Gasteiger partial charge in [-0.05, 0) is 24.3 Å². The van der Waals surface area contributed by atoms with E-state index in [2.05, 4.69) is 21.2 Å². The maximum atomic E-state index is 11.6. The van der Waals surface area contributed by atoms with Crippen molar-refractivity contribution in [2.24, 2.45) is 0 Å². The molecule has 2 rings (SSSR count). The zero-order valence-electron chi connectivity index (χ0n) is 10.8. The van der Waals surface area contributed by atoms with Gasteiger partial charge < -0.3 is 9.73 Å². The third kappa shape index (κ3) is 4.16. The van der Waals surface area contributed by atoms with Gasteiger partial charge in [0.15, 0.2) is 5.76 Å². The van der Waals surface area contributed by atoms with Crippen molar-refractivity contribution in [1.82, 2.24) is 21.2 Å². The van der Waals surface area contributed by atoms with E-state index in [0.29, 0.717) is 5.56 Å². The lowest BCUT2D eigenvalue weighted by atomic mass is 10.3. The minimum Gasteiger partial charge on any atom is -0.459 e. The Hall–Kier alpha value is -3.16. The summed E-state index contributed by atoms with van der Waals surface area (Å²) in [6, 6.07) is 6.03. The Morgan fingerprint density at radius 3 is 2.48 bits per heavy atom. The highest BCUT2D eigenvalue weighted by Gasteiger charge is 2.11. The van der Waals surface area contributed by atoms with Crippen LogP contribution in [0.15, 0.2) is 47.3 Å². The number of aromatic nitrogens is 1. The number of nitrogens with one attached hydrogen (secondary N) is 3. The van der Waals surface area contributed by atoms with Crippen molar-refractivity contribution in [2.75, 3.05) is 6.54 Å². The molecule has 0 aliphatic carbocycles. The molecule has 21 heavy (non-hydrogen) atoms. The second-order valence-corrected chi connectivity index (χ2v) is 3.90. The predicted octanol–water partition coefficient (Wildman–Crippen LogP) is -0.134. The van der Waals surface area contributed by atoms with Crippen molar-refractivity contribution in [1.29, 1.82) is 0 Å². The Morgan fingerprint density at radius 2 is 1.81 bits per heavy atom. The summed E-state index contributed by atoms with van der Waals surface area (Å²) in [4.78, 5) is 38.4. The normalized spacial score (nSPS) is 9.71. The van der Waals surface area contributed by atoms with Gasteiger partial charge in [-0.25, -0.2) is 0 Å². The molecule has 108 valence electrons. The van der Waals surface area contributed by atoms with Crippen molar-refractivity contribution >= 4 is 17.7 Å². The number of nitrogens with zero attached hydrogens (tertiary/aromatic N) is 1. The van der Waals surface area contributed by atoms with Crippen LogP contribution in [0.4, 0.5) is 0 Å². The van der Waals surface area contributed by atoms with Gasteiger partial charge in [0, 0.05) is 18.0 Å². The molecule has 2 aromatic heterocycles. The molecule has 8 nitrogen and oxygen atoms in total. The Morgan fingerprint density at radius 1 is 1.05 bits per heavy atom. The van der Waals surface area contributed by atoms with Gasteiger partial charge in [0.25, 0.3) is 17.7 Å². The van der Waals surface area contributed by atoms with Gasteiger partial charge in [0.1, 0.15) is 0 Å². The fraction of sp³-hybridized carbons (Fsp3) is 0.0769. The second kappa shape index (κ2) is 6.85. The zero-order valence-corrected chi connectivity index (χ0v) is 10.8. The van der Waals surface area contributed by atoms with Gasteiger partial charge >= 0.3 is 0 Å². The first kappa shape index (κ1) is 14.3. The minimum absolute atomic E-state index is 0.101. The van der Waals surface area contributed by atoms with E-state index in [-0.39, 0.29) is 12.3 Å². The van der Waals surface area contributed by atoms with Gasteiger partial charge in [-0.1, -0.05) is 0 Å². The van der Waals surface area contributed by atoms with Crippen molar-refractivity contribution < 1.29 is 18.8 Å². The number of hydrogen-bond acceptors (Lipinski definition) is 5. The van der Waals surface area contributed by atoms with Crippen LogP contribution in [0.5, 0.6) is 0 Å². The summed E-state index contributed by atoms with van der Waals surface area (Å²) in [6.45, 7) is -0.295. The molecule has 0 unspecified atom stereocenters. The van der Waals surface area contributed by atoms with E-state index in [9.17, 15) is 14.4 Å². The summed E-state index contributed by atoms with van der Waals surface area (Å²) in [5, 5.41) is 2.34. The first-order chi connectivity index (χ1) is 10.2. The third-order valence-electron chi connectivity index (χ3n) is 2.41. The summed E-state index contributed by atoms with van der Waals surface area (Å²) >= 11 is 0. The molecule has 2 aromatic rings. The van der Waals surface area contributed by atoms with Crippen LogP contribution in [0.25, 0.3) is 0 Å². The van der Waals surface area contributed by atoms with E-state index in [1.165, 1.54) is 36.9 Å². The molecule has 3 amide bonds. The van der Waals surface area contributed by atoms with Crippen LogP contribution in [-0.4, -0.2) is 29.3 Å². The molecule has 0 aliphatic heterocycles. The number of furan rings is 1. The number of hydrazine groups is 1. The molecule has 0 spiro atoms. The molecule has 0 saturated carbocycles. The average Bonchev–Trinajstić information content (AvgIpc) is 3.05. The van der Waals surface area contributed by atoms with E-state index in [1.807, 2.05) is 0 Å². The Kier molecular flexibility index (Phi) is 4.65. The van der Waals surface area contributed by atoms with Crippen LogP contribution in [0.2, 0.25) is 0 Å². The number of rotatable bonds is 4. The van der Waals surface area contributed by atoms with Crippen LogP contribution in [0.3, 0.4) is 0 Å². The molecule has 0 bridgehead atoms. The fourth-order valence-corrected chi connectivity index (χ4v) is 1.40. The zero-order chi connectivity index (χ0) is 15.1. The molecule has 0 fully saturated rings. The minimum atomic E-state index is -0.572. The SMILES string of the molecule is O=C(CNC(=O)c1ccco1)NNC(=O)c1ccncc1. The maximum Gasteiger partial charge on any atom is 0.287 e. The summed E-state index contributed by atoms with van der Waals surface area (Å²) in [6.07, 6.45) is 4.27. The van der Waals surface area contributed by atoms with Crippen molar-refractivity contribution in [3.8, 4) is 0 Å². The Bertz CT molecular complexity index is 625. The number of carbonyl (C=O) groups is 3. The van der Waals surface area contributed by atoms with Gasteiger partial charge in [0.05, 0.1) is 12.8 Å². The molecule has 0 aliphatic rings. The van der Waals surface area contributed by atoms with Gasteiger partial charge in [0.2, 0.25) is 0 Å². The molecule has 8 heteroatoms. The van der Waals surface area contributed by atoms with Crippen LogP contribution in [-0.2, 0) is 4.79 Å². The number of hydrogen-bond donors (Lipinski definition) is 3. The van der Waals surface area contributed by atoms with Crippen LogP contribution >= 0.6 is 0 Å². The lowest BCUT2D eigenvalue weighted by Gasteiger charge is -2.07. The molecular weight excluding hydrogens is 276 g/mol.